The van der Waals surface area contributed by atoms with E-state index in [0.29, 0.717) is 22.9 Å². The van der Waals surface area contributed by atoms with Crippen LogP contribution in [0.1, 0.15) is 16.1 Å². The summed E-state index contributed by atoms with van der Waals surface area (Å²) in [5.41, 5.74) is 0.880. The molecule has 2 aromatic rings. The smallest absolute Gasteiger partial charge is 0.341 e. The molecule has 2 rings (SSSR count). The van der Waals surface area contributed by atoms with E-state index in [-0.39, 0.29) is 17.0 Å². The molecule has 0 spiro atoms. The van der Waals surface area contributed by atoms with Crippen LogP contribution in [0, 0.1) is 6.92 Å². The third kappa shape index (κ3) is 3.06. The molecular weight excluding hydrogens is 397 g/mol. The molecule has 0 amide bonds. The van der Waals surface area contributed by atoms with Gasteiger partial charge >= 0.3 is 5.97 Å². The van der Waals surface area contributed by atoms with Crippen LogP contribution in [0.2, 0.25) is 5.02 Å². The first-order valence-corrected chi connectivity index (χ1v) is 7.63. The number of nitrogens with zero attached hydrogens (tertiary/aromatic N) is 1. The van der Waals surface area contributed by atoms with Gasteiger partial charge in [-0.25, -0.2) is 4.79 Å². The van der Waals surface area contributed by atoms with Crippen LogP contribution >= 0.6 is 34.2 Å². The molecule has 0 bridgehead atoms. The zero-order chi connectivity index (χ0) is 14.7. The second-order valence-corrected chi connectivity index (χ2v) is 5.44. The van der Waals surface area contributed by atoms with E-state index in [1.807, 2.05) is 0 Å². The highest BCUT2D eigenvalue weighted by Gasteiger charge is 2.21. The average molecular weight is 408 g/mol. The first kappa shape index (κ1) is 15.1. The van der Waals surface area contributed by atoms with E-state index in [2.05, 4.69) is 27.7 Å². The molecule has 0 saturated heterocycles. The zero-order valence-electron chi connectivity index (χ0n) is 10.5. The second-order valence-electron chi connectivity index (χ2n) is 3.95. The third-order valence-corrected chi connectivity index (χ3v) is 3.35. The normalized spacial score (nSPS) is 10.6. The minimum absolute atomic E-state index is 0.0435. The van der Waals surface area contributed by atoms with Gasteiger partial charge in [-0.3, -0.25) is 0 Å². The Morgan fingerprint density at radius 1 is 1.55 bits per heavy atom. The fourth-order valence-corrected chi connectivity index (χ4v) is 2.19. The molecule has 0 atom stereocenters. The van der Waals surface area contributed by atoms with Crippen molar-refractivity contribution in [2.75, 3.05) is 11.0 Å². The van der Waals surface area contributed by atoms with Gasteiger partial charge in [-0.05, 0) is 25.1 Å². The molecule has 20 heavy (non-hydrogen) atoms. The Balaban J connectivity index is 2.39. The van der Waals surface area contributed by atoms with E-state index in [0.717, 1.165) is 4.43 Å². The number of aromatic nitrogens is 1. The third-order valence-electron chi connectivity index (χ3n) is 2.62. The standard InChI is InChI=1S/C13H11ClINO4/c1-7-11(13(17)18)12(16-20-7)8-2-3-10(9(14)6-8)19-5-4-15/h2-3,6H,4-5H2,1H3,(H,17,18). The predicted molar refractivity (Wildman–Crippen MR) is 83.0 cm³/mol. The second kappa shape index (κ2) is 6.45. The van der Waals surface area contributed by atoms with Crippen molar-refractivity contribution >= 4 is 40.2 Å². The number of aryl methyl sites for hydroxylation is 1. The summed E-state index contributed by atoms with van der Waals surface area (Å²) in [6, 6.07) is 5.02. The van der Waals surface area contributed by atoms with Gasteiger partial charge in [-0.1, -0.05) is 39.3 Å². The molecule has 5 nitrogen and oxygen atoms in total. The van der Waals surface area contributed by atoms with Crippen LogP contribution in [0.3, 0.4) is 0 Å². The highest BCUT2D eigenvalue weighted by molar-refractivity contribution is 14.1. The summed E-state index contributed by atoms with van der Waals surface area (Å²) >= 11 is 8.32. The van der Waals surface area contributed by atoms with E-state index in [4.69, 9.17) is 20.9 Å². The Hall–Kier alpha value is -1.28. The van der Waals surface area contributed by atoms with Gasteiger partial charge in [0.15, 0.2) is 0 Å². The molecule has 0 aliphatic rings. The van der Waals surface area contributed by atoms with E-state index < -0.39 is 5.97 Å². The van der Waals surface area contributed by atoms with Gasteiger partial charge in [0.25, 0.3) is 0 Å². The first-order valence-electron chi connectivity index (χ1n) is 5.73. The van der Waals surface area contributed by atoms with Crippen molar-refractivity contribution < 1.29 is 19.2 Å². The molecule has 1 aromatic heterocycles. The highest BCUT2D eigenvalue weighted by Crippen LogP contribution is 2.32. The fraction of sp³-hybridized carbons (Fsp3) is 0.231. The largest absolute Gasteiger partial charge is 0.491 e. The van der Waals surface area contributed by atoms with Crippen molar-refractivity contribution in [2.45, 2.75) is 6.92 Å². The molecule has 0 radical (unpaired) electrons. The number of aromatic carboxylic acids is 1. The Labute approximate surface area is 134 Å². The Morgan fingerprint density at radius 2 is 2.30 bits per heavy atom. The van der Waals surface area contributed by atoms with Gasteiger partial charge in [0, 0.05) is 9.99 Å². The van der Waals surface area contributed by atoms with Gasteiger partial charge in [0.05, 0.1) is 11.6 Å². The van der Waals surface area contributed by atoms with Crippen LogP contribution in [0.5, 0.6) is 5.75 Å². The van der Waals surface area contributed by atoms with Crippen molar-refractivity contribution in [3.8, 4) is 17.0 Å². The van der Waals surface area contributed by atoms with E-state index >= 15 is 0 Å². The number of rotatable bonds is 5. The summed E-state index contributed by atoms with van der Waals surface area (Å²) in [6.45, 7) is 2.11. The highest BCUT2D eigenvalue weighted by atomic mass is 127. The number of carboxylic acids is 1. The van der Waals surface area contributed by atoms with Crippen LogP contribution < -0.4 is 4.74 Å². The van der Waals surface area contributed by atoms with E-state index in [9.17, 15) is 9.90 Å². The van der Waals surface area contributed by atoms with Crippen LogP contribution in [-0.2, 0) is 0 Å². The number of halogens is 2. The Kier molecular flexibility index (Phi) is 4.87. The topological polar surface area (TPSA) is 72.6 Å². The van der Waals surface area contributed by atoms with E-state index in [1.54, 1.807) is 25.1 Å². The zero-order valence-corrected chi connectivity index (χ0v) is 13.4. The first-order chi connectivity index (χ1) is 9.54. The summed E-state index contributed by atoms with van der Waals surface area (Å²) < 4.78 is 11.2. The lowest BCUT2D eigenvalue weighted by molar-refractivity contribution is 0.0696. The lowest BCUT2D eigenvalue weighted by Crippen LogP contribution is -2.00. The minimum Gasteiger partial charge on any atom is -0.491 e. The number of benzene rings is 1. The number of carbonyl (C=O) groups is 1. The lowest BCUT2D eigenvalue weighted by Gasteiger charge is -2.07. The maximum atomic E-state index is 11.2. The fourth-order valence-electron chi connectivity index (χ4n) is 1.73. The van der Waals surface area contributed by atoms with Crippen molar-refractivity contribution in [2.24, 2.45) is 0 Å². The predicted octanol–water partition coefficient (Wildman–Crippen LogP) is 3.82. The average Bonchev–Trinajstić information content (AvgIpc) is 2.79. The van der Waals surface area contributed by atoms with Gasteiger partial charge < -0.3 is 14.4 Å². The number of hydrogen-bond donors (Lipinski definition) is 1. The lowest BCUT2D eigenvalue weighted by atomic mass is 10.1. The molecular formula is C13H11ClINO4. The van der Waals surface area contributed by atoms with Gasteiger partial charge in [0.1, 0.15) is 22.8 Å². The van der Waals surface area contributed by atoms with Crippen molar-refractivity contribution in [1.82, 2.24) is 5.16 Å². The Bertz CT molecular complexity index is 641. The van der Waals surface area contributed by atoms with Crippen LogP contribution in [0.4, 0.5) is 0 Å². The molecule has 1 aromatic carbocycles. The number of hydrogen-bond acceptors (Lipinski definition) is 4. The van der Waals surface area contributed by atoms with Crippen molar-refractivity contribution in [3.63, 3.8) is 0 Å². The molecule has 0 aliphatic carbocycles. The number of alkyl halides is 1. The Morgan fingerprint density at radius 3 is 2.90 bits per heavy atom. The van der Waals surface area contributed by atoms with Crippen molar-refractivity contribution in [3.05, 3.63) is 34.5 Å². The summed E-state index contributed by atoms with van der Waals surface area (Å²) in [7, 11) is 0. The SMILES string of the molecule is Cc1onc(-c2ccc(OCCI)c(Cl)c2)c1C(=O)O. The number of carboxylic acid groups (broad SMARTS) is 1. The molecule has 7 heteroatoms. The summed E-state index contributed by atoms with van der Waals surface area (Å²) in [5, 5.41) is 13.4. The number of ether oxygens (including phenoxy) is 1. The van der Waals surface area contributed by atoms with Crippen LogP contribution in [0.15, 0.2) is 22.7 Å². The van der Waals surface area contributed by atoms with Crippen molar-refractivity contribution in [1.29, 1.82) is 0 Å². The summed E-state index contributed by atoms with van der Waals surface area (Å²) in [4.78, 5) is 11.2. The van der Waals surface area contributed by atoms with Crippen LogP contribution in [0.25, 0.3) is 11.3 Å². The molecule has 0 aliphatic heterocycles. The molecule has 1 N–H and O–H groups in total. The quantitative estimate of drug-likeness (QED) is 0.603. The molecule has 0 unspecified atom stereocenters. The van der Waals surface area contributed by atoms with Gasteiger partial charge in [-0.15, -0.1) is 0 Å². The van der Waals surface area contributed by atoms with E-state index in [1.165, 1.54) is 0 Å². The van der Waals surface area contributed by atoms with Gasteiger partial charge in [0.2, 0.25) is 0 Å². The molecule has 0 saturated carbocycles. The van der Waals surface area contributed by atoms with Crippen LogP contribution in [-0.4, -0.2) is 27.3 Å². The minimum atomic E-state index is -1.08. The summed E-state index contributed by atoms with van der Waals surface area (Å²) in [5.74, 6) is -0.266. The molecule has 1 heterocycles. The monoisotopic (exact) mass is 407 g/mol. The molecule has 0 fully saturated rings. The molecule has 106 valence electrons. The maximum Gasteiger partial charge on any atom is 0.341 e. The van der Waals surface area contributed by atoms with Gasteiger partial charge in [-0.2, -0.15) is 0 Å². The summed E-state index contributed by atoms with van der Waals surface area (Å²) in [6.07, 6.45) is 0. The maximum absolute atomic E-state index is 11.2.